The summed E-state index contributed by atoms with van der Waals surface area (Å²) in [5, 5.41) is 6.56. The number of pyridine rings is 1. The van der Waals surface area contributed by atoms with E-state index in [9.17, 15) is 0 Å². The van der Waals surface area contributed by atoms with E-state index in [2.05, 4.69) is 25.6 Å². The van der Waals surface area contributed by atoms with Gasteiger partial charge in [0.1, 0.15) is 17.8 Å². The van der Waals surface area contributed by atoms with Gasteiger partial charge in [-0.1, -0.05) is 12.8 Å². The Morgan fingerprint density at radius 3 is 2.67 bits per heavy atom. The summed E-state index contributed by atoms with van der Waals surface area (Å²) in [6.45, 7) is 2.02. The SMILES string of the molecule is Cc1ccnc(Nc2ncnc(NC3CCCC3)c2N)c1. The van der Waals surface area contributed by atoms with E-state index < -0.39 is 0 Å². The molecular weight excluding hydrogens is 264 g/mol. The van der Waals surface area contributed by atoms with Crippen molar-refractivity contribution in [3.8, 4) is 0 Å². The topological polar surface area (TPSA) is 88.8 Å². The molecule has 1 saturated carbocycles. The number of nitrogen functional groups attached to an aromatic ring is 1. The predicted molar refractivity (Wildman–Crippen MR) is 84.6 cm³/mol. The molecule has 4 N–H and O–H groups in total. The van der Waals surface area contributed by atoms with Crippen LogP contribution in [0, 0.1) is 6.92 Å². The molecule has 3 rings (SSSR count). The first kappa shape index (κ1) is 13.6. The van der Waals surface area contributed by atoms with Crippen LogP contribution in [0.4, 0.5) is 23.1 Å². The highest BCUT2D eigenvalue weighted by atomic mass is 15.1. The van der Waals surface area contributed by atoms with Crippen LogP contribution in [-0.4, -0.2) is 21.0 Å². The highest BCUT2D eigenvalue weighted by molar-refractivity contribution is 5.77. The Morgan fingerprint density at radius 1 is 1.14 bits per heavy atom. The minimum Gasteiger partial charge on any atom is -0.393 e. The largest absolute Gasteiger partial charge is 0.393 e. The fraction of sp³-hybridized carbons (Fsp3) is 0.400. The van der Waals surface area contributed by atoms with Crippen LogP contribution in [-0.2, 0) is 0 Å². The van der Waals surface area contributed by atoms with Gasteiger partial charge in [0, 0.05) is 12.2 Å². The van der Waals surface area contributed by atoms with E-state index >= 15 is 0 Å². The highest BCUT2D eigenvalue weighted by Crippen LogP contribution is 2.28. The molecule has 6 nitrogen and oxygen atoms in total. The molecule has 0 aromatic carbocycles. The van der Waals surface area contributed by atoms with Crippen LogP contribution >= 0.6 is 0 Å². The molecule has 2 heterocycles. The lowest BCUT2D eigenvalue weighted by molar-refractivity contribution is 0.750. The van der Waals surface area contributed by atoms with E-state index in [1.54, 1.807) is 6.20 Å². The van der Waals surface area contributed by atoms with Crippen LogP contribution in [0.5, 0.6) is 0 Å². The number of rotatable bonds is 4. The molecule has 0 aliphatic heterocycles. The van der Waals surface area contributed by atoms with Crippen molar-refractivity contribution in [3.63, 3.8) is 0 Å². The summed E-state index contributed by atoms with van der Waals surface area (Å²) in [6.07, 6.45) is 8.15. The second kappa shape index (κ2) is 5.95. The summed E-state index contributed by atoms with van der Waals surface area (Å²) < 4.78 is 0. The molecular formula is C15H20N6. The standard InChI is InChI=1S/C15H20N6/c1-10-6-7-17-12(8-10)21-15-13(16)14(18-9-19-15)20-11-4-2-3-5-11/h6-9,11H,2-5,16H2,1H3,(H2,17,18,19,20,21). The summed E-state index contributed by atoms with van der Waals surface area (Å²) in [7, 11) is 0. The molecule has 110 valence electrons. The average Bonchev–Trinajstić information content (AvgIpc) is 2.96. The van der Waals surface area contributed by atoms with Crippen LogP contribution in [0.25, 0.3) is 0 Å². The number of nitrogens with two attached hydrogens (primary N) is 1. The molecule has 0 spiro atoms. The van der Waals surface area contributed by atoms with Crippen molar-refractivity contribution >= 4 is 23.1 Å². The predicted octanol–water partition coefficient (Wildman–Crippen LogP) is 2.86. The Balaban J connectivity index is 1.79. The minimum absolute atomic E-state index is 0.465. The summed E-state index contributed by atoms with van der Waals surface area (Å²) in [5.74, 6) is 2.02. The fourth-order valence-electron chi connectivity index (χ4n) is 2.60. The lowest BCUT2D eigenvalue weighted by Crippen LogP contribution is -2.17. The molecule has 0 amide bonds. The number of nitrogens with one attached hydrogen (secondary N) is 2. The molecule has 21 heavy (non-hydrogen) atoms. The summed E-state index contributed by atoms with van der Waals surface area (Å²) in [5.41, 5.74) is 7.83. The number of aromatic nitrogens is 3. The van der Waals surface area contributed by atoms with Gasteiger partial charge in [-0.25, -0.2) is 15.0 Å². The van der Waals surface area contributed by atoms with Gasteiger partial charge in [0.05, 0.1) is 0 Å². The molecule has 6 heteroatoms. The third kappa shape index (κ3) is 3.21. The molecule has 2 aromatic rings. The first-order chi connectivity index (χ1) is 10.2. The van der Waals surface area contributed by atoms with Crippen molar-refractivity contribution in [2.24, 2.45) is 0 Å². The first-order valence-electron chi connectivity index (χ1n) is 7.29. The molecule has 1 aliphatic rings. The van der Waals surface area contributed by atoms with Gasteiger partial charge in [-0.3, -0.25) is 0 Å². The number of hydrogen-bond acceptors (Lipinski definition) is 6. The Hall–Kier alpha value is -2.37. The third-order valence-corrected chi connectivity index (χ3v) is 3.74. The number of nitrogens with zero attached hydrogens (tertiary/aromatic N) is 3. The van der Waals surface area contributed by atoms with Gasteiger partial charge in [0.2, 0.25) is 0 Å². The van der Waals surface area contributed by atoms with E-state index in [-0.39, 0.29) is 0 Å². The lowest BCUT2D eigenvalue weighted by atomic mass is 10.2. The molecule has 0 unspecified atom stereocenters. The van der Waals surface area contributed by atoms with Gasteiger partial charge in [0.15, 0.2) is 11.6 Å². The van der Waals surface area contributed by atoms with Gasteiger partial charge in [-0.2, -0.15) is 0 Å². The van der Waals surface area contributed by atoms with Crippen LogP contribution in [0.15, 0.2) is 24.7 Å². The van der Waals surface area contributed by atoms with Gasteiger partial charge in [-0.05, 0) is 37.5 Å². The molecule has 0 saturated heterocycles. The van der Waals surface area contributed by atoms with Gasteiger partial charge >= 0.3 is 0 Å². The molecule has 0 bridgehead atoms. The average molecular weight is 284 g/mol. The maximum atomic E-state index is 6.17. The minimum atomic E-state index is 0.465. The zero-order valence-electron chi connectivity index (χ0n) is 12.1. The molecule has 1 aliphatic carbocycles. The quantitative estimate of drug-likeness (QED) is 0.800. The second-order valence-electron chi connectivity index (χ2n) is 5.45. The van der Waals surface area contributed by atoms with Crippen molar-refractivity contribution in [1.82, 2.24) is 15.0 Å². The molecule has 2 aromatic heterocycles. The van der Waals surface area contributed by atoms with Crippen molar-refractivity contribution < 1.29 is 0 Å². The zero-order chi connectivity index (χ0) is 14.7. The maximum Gasteiger partial charge on any atom is 0.160 e. The Labute approximate surface area is 124 Å². The third-order valence-electron chi connectivity index (χ3n) is 3.74. The van der Waals surface area contributed by atoms with E-state index in [0.29, 0.717) is 23.4 Å². The van der Waals surface area contributed by atoms with Crippen molar-refractivity contribution in [2.75, 3.05) is 16.4 Å². The van der Waals surface area contributed by atoms with Gasteiger partial charge < -0.3 is 16.4 Å². The number of anilines is 4. The normalized spacial score (nSPS) is 15.1. The second-order valence-corrected chi connectivity index (χ2v) is 5.45. The summed E-state index contributed by atoms with van der Waals surface area (Å²) in [4.78, 5) is 12.7. The van der Waals surface area contributed by atoms with E-state index in [1.807, 2.05) is 19.1 Å². The van der Waals surface area contributed by atoms with Gasteiger partial charge in [0.25, 0.3) is 0 Å². The van der Waals surface area contributed by atoms with E-state index in [0.717, 1.165) is 11.4 Å². The van der Waals surface area contributed by atoms with Crippen molar-refractivity contribution in [1.29, 1.82) is 0 Å². The number of hydrogen-bond donors (Lipinski definition) is 3. The Kier molecular flexibility index (Phi) is 3.85. The summed E-state index contributed by atoms with van der Waals surface area (Å²) in [6, 6.07) is 4.36. The van der Waals surface area contributed by atoms with Crippen LogP contribution in [0.1, 0.15) is 31.2 Å². The number of aryl methyl sites for hydroxylation is 1. The van der Waals surface area contributed by atoms with Crippen molar-refractivity contribution in [3.05, 3.63) is 30.2 Å². The van der Waals surface area contributed by atoms with E-state index in [1.165, 1.54) is 32.0 Å². The van der Waals surface area contributed by atoms with Gasteiger partial charge in [-0.15, -0.1) is 0 Å². The monoisotopic (exact) mass is 284 g/mol. The van der Waals surface area contributed by atoms with Crippen LogP contribution in [0.3, 0.4) is 0 Å². The smallest absolute Gasteiger partial charge is 0.160 e. The molecule has 0 radical (unpaired) electrons. The van der Waals surface area contributed by atoms with Crippen molar-refractivity contribution in [2.45, 2.75) is 38.6 Å². The first-order valence-corrected chi connectivity index (χ1v) is 7.29. The highest BCUT2D eigenvalue weighted by Gasteiger charge is 2.17. The Bertz CT molecular complexity index is 621. The lowest BCUT2D eigenvalue weighted by Gasteiger charge is -2.16. The fourth-order valence-corrected chi connectivity index (χ4v) is 2.60. The Morgan fingerprint density at radius 2 is 1.90 bits per heavy atom. The van der Waals surface area contributed by atoms with Crippen LogP contribution in [0.2, 0.25) is 0 Å². The molecule has 1 fully saturated rings. The maximum absolute atomic E-state index is 6.17. The summed E-state index contributed by atoms with van der Waals surface area (Å²) >= 11 is 0. The van der Waals surface area contributed by atoms with Crippen LogP contribution < -0.4 is 16.4 Å². The molecule has 0 atom stereocenters. The zero-order valence-corrected chi connectivity index (χ0v) is 12.1. The van der Waals surface area contributed by atoms with E-state index in [4.69, 9.17) is 5.73 Å².